The van der Waals surface area contributed by atoms with Crippen molar-refractivity contribution in [2.75, 3.05) is 0 Å². The normalized spacial score (nSPS) is 10.5. The van der Waals surface area contributed by atoms with Gasteiger partial charge in [0.2, 0.25) is 0 Å². The maximum absolute atomic E-state index is 5.90. The summed E-state index contributed by atoms with van der Waals surface area (Å²) in [7, 11) is 0. The Morgan fingerprint density at radius 3 is 2.87 bits per heavy atom. The summed E-state index contributed by atoms with van der Waals surface area (Å²) < 4.78 is 0. The Bertz CT molecular complexity index is 451. The fraction of sp³-hybridized carbons (Fsp3) is 0.182. The van der Waals surface area contributed by atoms with Crippen LogP contribution in [-0.2, 0) is 13.0 Å². The summed E-state index contributed by atoms with van der Waals surface area (Å²) in [4.78, 5) is 0. The van der Waals surface area contributed by atoms with Crippen LogP contribution in [0.4, 0.5) is 0 Å². The van der Waals surface area contributed by atoms with E-state index in [9.17, 15) is 0 Å². The molecule has 0 bridgehead atoms. The maximum atomic E-state index is 5.90. The highest BCUT2D eigenvalue weighted by Crippen LogP contribution is 2.13. The van der Waals surface area contributed by atoms with Gasteiger partial charge in [-0.3, -0.25) is 5.10 Å². The smallest absolute Gasteiger partial charge is 0.0760 e. The van der Waals surface area contributed by atoms with Crippen molar-refractivity contribution in [3.8, 4) is 0 Å². The van der Waals surface area contributed by atoms with Crippen molar-refractivity contribution < 1.29 is 0 Å². The van der Waals surface area contributed by atoms with E-state index in [1.165, 1.54) is 0 Å². The SMILES string of the molecule is NCc1cc(Cc2cccc(Cl)c2)[nH]n1. The fourth-order valence-corrected chi connectivity index (χ4v) is 1.68. The van der Waals surface area contributed by atoms with Gasteiger partial charge in [0.05, 0.1) is 5.69 Å². The molecule has 0 saturated carbocycles. The van der Waals surface area contributed by atoms with Gasteiger partial charge in [-0.05, 0) is 23.8 Å². The van der Waals surface area contributed by atoms with E-state index in [2.05, 4.69) is 10.2 Å². The molecule has 1 aromatic carbocycles. The fourth-order valence-electron chi connectivity index (χ4n) is 1.47. The number of aromatic nitrogens is 2. The minimum Gasteiger partial charge on any atom is -0.325 e. The van der Waals surface area contributed by atoms with Crippen LogP contribution in [-0.4, -0.2) is 10.2 Å². The molecule has 0 unspecified atom stereocenters. The Kier molecular flexibility index (Phi) is 3.04. The Morgan fingerprint density at radius 1 is 1.33 bits per heavy atom. The zero-order valence-electron chi connectivity index (χ0n) is 8.20. The summed E-state index contributed by atoms with van der Waals surface area (Å²) in [6, 6.07) is 9.77. The molecule has 3 N–H and O–H groups in total. The van der Waals surface area contributed by atoms with Crippen LogP contribution in [0.25, 0.3) is 0 Å². The number of H-pyrrole nitrogens is 1. The molecule has 0 aliphatic rings. The van der Waals surface area contributed by atoms with Gasteiger partial charge in [-0.15, -0.1) is 0 Å². The first-order valence-electron chi connectivity index (χ1n) is 4.75. The summed E-state index contributed by atoms with van der Waals surface area (Å²) in [5, 5.41) is 7.78. The Morgan fingerprint density at radius 2 is 2.20 bits per heavy atom. The van der Waals surface area contributed by atoms with Gasteiger partial charge in [0, 0.05) is 23.7 Å². The van der Waals surface area contributed by atoms with Gasteiger partial charge in [0.25, 0.3) is 0 Å². The van der Waals surface area contributed by atoms with E-state index in [-0.39, 0.29) is 0 Å². The summed E-state index contributed by atoms with van der Waals surface area (Å²) in [6.07, 6.45) is 0.799. The predicted octanol–water partition coefficient (Wildman–Crippen LogP) is 2.11. The average Bonchev–Trinajstić information content (AvgIpc) is 2.65. The third kappa shape index (κ3) is 2.58. The van der Waals surface area contributed by atoms with E-state index in [4.69, 9.17) is 17.3 Å². The summed E-state index contributed by atoms with van der Waals surface area (Å²) >= 11 is 5.90. The molecule has 1 aromatic heterocycles. The largest absolute Gasteiger partial charge is 0.325 e. The number of hydrogen-bond acceptors (Lipinski definition) is 2. The predicted molar refractivity (Wildman–Crippen MR) is 60.7 cm³/mol. The molecule has 0 atom stereocenters. The quantitative estimate of drug-likeness (QED) is 0.834. The number of nitrogens with zero attached hydrogens (tertiary/aromatic N) is 1. The van der Waals surface area contributed by atoms with Crippen LogP contribution in [0, 0.1) is 0 Å². The molecule has 0 aliphatic heterocycles. The van der Waals surface area contributed by atoms with Crippen molar-refractivity contribution in [1.82, 2.24) is 10.2 Å². The Labute approximate surface area is 93.3 Å². The van der Waals surface area contributed by atoms with E-state index >= 15 is 0 Å². The molecule has 0 aliphatic carbocycles. The maximum Gasteiger partial charge on any atom is 0.0760 e. The number of nitrogens with one attached hydrogen (secondary N) is 1. The molecule has 0 amide bonds. The average molecular weight is 222 g/mol. The highest BCUT2D eigenvalue weighted by atomic mass is 35.5. The first kappa shape index (κ1) is 10.2. The highest BCUT2D eigenvalue weighted by Gasteiger charge is 2.01. The molecule has 78 valence electrons. The van der Waals surface area contributed by atoms with E-state index in [0.717, 1.165) is 28.4 Å². The monoisotopic (exact) mass is 221 g/mol. The number of rotatable bonds is 3. The third-order valence-corrected chi connectivity index (χ3v) is 2.41. The minimum atomic E-state index is 0.464. The van der Waals surface area contributed by atoms with E-state index < -0.39 is 0 Å². The second-order valence-electron chi connectivity index (χ2n) is 3.40. The summed E-state index contributed by atoms with van der Waals surface area (Å²) in [5.74, 6) is 0. The second kappa shape index (κ2) is 4.47. The summed E-state index contributed by atoms with van der Waals surface area (Å²) in [5.41, 5.74) is 8.57. The topological polar surface area (TPSA) is 54.7 Å². The molecule has 2 rings (SSSR count). The molecular formula is C11H12ClN3. The number of benzene rings is 1. The zero-order valence-corrected chi connectivity index (χ0v) is 8.96. The van der Waals surface area contributed by atoms with Gasteiger partial charge in [0.1, 0.15) is 0 Å². The van der Waals surface area contributed by atoms with Crippen molar-refractivity contribution >= 4 is 11.6 Å². The first-order chi connectivity index (χ1) is 7.28. The Balaban J connectivity index is 2.14. The lowest BCUT2D eigenvalue weighted by molar-refractivity contribution is 0.928. The minimum absolute atomic E-state index is 0.464. The first-order valence-corrected chi connectivity index (χ1v) is 5.13. The molecule has 0 saturated heterocycles. The standard InChI is InChI=1S/C11H12ClN3/c12-9-3-1-2-8(4-9)5-10-6-11(7-13)15-14-10/h1-4,6H,5,7,13H2,(H,14,15). The van der Waals surface area contributed by atoms with Crippen LogP contribution in [0.15, 0.2) is 30.3 Å². The van der Waals surface area contributed by atoms with Gasteiger partial charge in [0.15, 0.2) is 0 Å². The number of aromatic amines is 1. The van der Waals surface area contributed by atoms with Gasteiger partial charge in [-0.1, -0.05) is 23.7 Å². The number of halogens is 1. The van der Waals surface area contributed by atoms with E-state index in [1.54, 1.807) is 0 Å². The lowest BCUT2D eigenvalue weighted by atomic mass is 10.1. The van der Waals surface area contributed by atoms with Crippen LogP contribution in [0.1, 0.15) is 17.0 Å². The van der Waals surface area contributed by atoms with E-state index in [1.807, 2.05) is 30.3 Å². The second-order valence-corrected chi connectivity index (χ2v) is 3.83. The molecule has 0 spiro atoms. The molecule has 0 radical (unpaired) electrons. The lowest BCUT2D eigenvalue weighted by Gasteiger charge is -1.98. The highest BCUT2D eigenvalue weighted by molar-refractivity contribution is 6.30. The molecule has 15 heavy (non-hydrogen) atoms. The van der Waals surface area contributed by atoms with Crippen LogP contribution in [0.5, 0.6) is 0 Å². The van der Waals surface area contributed by atoms with E-state index in [0.29, 0.717) is 6.54 Å². The van der Waals surface area contributed by atoms with Crippen LogP contribution in [0.3, 0.4) is 0 Å². The van der Waals surface area contributed by atoms with Gasteiger partial charge in [-0.2, -0.15) is 5.10 Å². The summed E-state index contributed by atoms with van der Waals surface area (Å²) in [6.45, 7) is 0.464. The Hall–Kier alpha value is -1.32. The van der Waals surface area contributed by atoms with Crippen LogP contribution >= 0.6 is 11.6 Å². The molecule has 1 heterocycles. The third-order valence-electron chi connectivity index (χ3n) is 2.18. The molecule has 4 heteroatoms. The molecular weight excluding hydrogens is 210 g/mol. The van der Waals surface area contributed by atoms with Crippen molar-refractivity contribution in [2.24, 2.45) is 5.73 Å². The number of nitrogens with two attached hydrogens (primary N) is 1. The molecule has 3 nitrogen and oxygen atoms in total. The van der Waals surface area contributed by atoms with Crippen molar-refractivity contribution in [3.05, 3.63) is 52.3 Å². The van der Waals surface area contributed by atoms with Crippen molar-refractivity contribution in [1.29, 1.82) is 0 Å². The molecule has 2 aromatic rings. The zero-order chi connectivity index (χ0) is 10.7. The van der Waals surface area contributed by atoms with Crippen molar-refractivity contribution in [3.63, 3.8) is 0 Å². The lowest BCUT2D eigenvalue weighted by Crippen LogP contribution is -1.95. The van der Waals surface area contributed by atoms with Gasteiger partial charge >= 0.3 is 0 Å². The number of hydrogen-bond donors (Lipinski definition) is 2. The van der Waals surface area contributed by atoms with Crippen LogP contribution in [0.2, 0.25) is 5.02 Å². The van der Waals surface area contributed by atoms with Gasteiger partial charge in [-0.25, -0.2) is 0 Å². The van der Waals surface area contributed by atoms with Crippen LogP contribution < -0.4 is 5.73 Å². The molecule has 0 fully saturated rings. The van der Waals surface area contributed by atoms with Crippen molar-refractivity contribution in [2.45, 2.75) is 13.0 Å². The van der Waals surface area contributed by atoms with Gasteiger partial charge < -0.3 is 5.73 Å².